The molecule has 0 aliphatic carbocycles. The molecule has 0 saturated heterocycles. The number of anilines is 2. The van der Waals surface area contributed by atoms with Gasteiger partial charge in [-0.3, -0.25) is 20.3 Å². The third kappa shape index (κ3) is 7.24. The molecule has 39 heavy (non-hydrogen) atoms. The van der Waals surface area contributed by atoms with Gasteiger partial charge >= 0.3 is 0 Å². The van der Waals surface area contributed by atoms with Crippen LogP contribution in [0.2, 0.25) is 5.02 Å². The van der Waals surface area contributed by atoms with Gasteiger partial charge in [0.05, 0.1) is 23.1 Å². The summed E-state index contributed by atoms with van der Waals surface area (Å²) < 4.78 is 39.1. The van der Waals surface area contributed by atoms with Gasteiger partial charge in [-0.05, 0) is 65.7 Å². The van der Waals surface area contributed by atoms with Gasteiger partial charge in [-0.2, -0.15) is 5.10 Å². The molecule has 0 saturated carbocycles. The smallest absolute Gasteiger partial charge is 0.295 e. The minimum Gasteiger partial charge on any atom is -0.493 e. The number of nitro benzene ring substituents is 1. The Morgan fingerprint density at radius 2 is 1.72 bits per heavy atom. The van der Waals surface area contributed by atoms with Crippen LogP contribution in [-0.2, 0) is 16.6 Å². The van der Waals surface area contributed by atoms with Crippen molar-refractivity contribution in [3.05, 3.63) is 117 Å². The molecule has 2 N–H and O–H groups in total. The van der Waals surface area contributed by atoms with E-state index in [-0.39, 0.29) is 16.3 Å². The average molecular weight is 567 g/mol. The second kappa shape index (κ2) is 12.3. The van der Waals surface area contributed by atoms with Crippen molar-refractivity contribution >= 4 is 44.9 Å². The van der Waals surface area contributed by atoms with Crippen molar-refractivity contribution < 1.29 is 22.8 Å². The Morgan fingerprint density at radius 1 is 0.974 bits per heavy atom. The summed E-state index contributed by atoms with van der Waals surface area (Å²) >= 11 is 5.83. The summed E-state index contributed by atoms with van der Waals surface area (Å²) in [5.74, 6) is 1.04. The Morgan fingerprint density at radius 3 is 2.41 bits per heavy atom. The van der Waals surface area contributed by atoms with Crippen LogP contribution in [0.15, 0.2) is 101 Å². The minimum absolute atomic E-state index is 0.0106. The van der Waals surface area contributed by atoms with Gasteiger partial charge in [0.25, 0.3) is 15.7 Å². The largest absolute Gasteiger partial charge is 0.493 e. The molecule has 0 aliphatic rings. The van der Waals surface area contributed by atoms with E-state index in [1.165, 1.54) is 49.7 Å². The van der Waals surface area contributed by atoms with Gasteiger partial charge in [0.1, 0.15) is 12.3 Å². The van der Waals surface area contributed by atoms with Crippen LogP contribution in [-0.4, -0.2) is 26.7 Å². The summed E-state index contributed by atoms with van der Waals surface area (Å²) in [7, 11) is -2.57. The molecule has 0 radical (unpaired) electrons. The van der Waals surface area contributed by atoms with E-state index in [0.717, 1.165) is 11.6 Å². The number of ether oxygens (including phenoxy) is 2. The highest BCUT2D eigenvalue weighted by Crippen LogP contribution is 2.30. The number of nitrogens with one attached hydrogen (secondary N) is 2. The van der Waals surface area contributed by atoms with Crippen molar-refractivity contribution in [2.45, 2.75) is 11.5 Å². The van der Waals surface area contributed by atoms with E-state index in [0.29, 0.717) is 28.7 Å². The molecule has 4 aromatic rings. The number of rotatable bonds is 11. The summed E-state index contributed by atoms with van der Waals surface area (Å²) in [4.78, 5) is 10.7. The monoisotopic (exact) mass is 566 g/mol. The van der Waals surface area contributed by atoms with Gasteiger partial charge in [-0.1, -0.05) is 41.9 Å². The van der Waals surface area contributed by atoms with E-state index < -0.39 is 20.6 Å². The maximum atomic E-state index is 12.7. The number of methoxy groups -OCH3 is 1. The predicted octanol–water partition coefficient (Wildman–Crippen LogP) is 6.08. The van der Waals surface area contributed by atoms with Crippen molar-refractivity contribution in [2.75, 3.05) is 17.3 Å². The highest BCUT2D eigenvalue weighted by atomic mass is 35.5. The first-order valence-electron chi connectivity index (χ1n) is 11.5. The molecule has 0 amide bonds. The number of sulfonamides is 1. The zero-order valence-corrected chi connectivity index (χ0v) is 22.1. The molecule has 4 aromatic carbocycles. The quantitative estimate of drug-likeness (QED) is 0.128. The van der Waals surface area contributed by atoms with E-state index in [1.54, 1.807) is 18.2 Å². The minimum atomic E-state index is -4.09. The Bertz CT molecular complexity index is 1600. The van der Waals surface area contributed by atoms with E-state index in [9.17, 15) is 18.5 Å². The second-order valence-electron chi connectivity index (χ2n) is 8.10. The molecule has 0 spiro atoms. The molecule has 0 unspecified atom stereocenters. The number of nitro groups is 1. The summed E-state index contributed by atoms with van der Waals surface area (Å²) in [6.07, 6.45) is 1.44. The van der Waals surface area contributed by atoms with Gasteiger partial charge in [0.2, 0.25) is 0 Å². The summed E-state index contributed by atoms with van der Waals surface area (Å²) in [5.41, 5.74) is 4.06. The molecular formula is C27H23ClN4O6S. The fraction of sp³-hybridized carbons (Fsp3) is 0.0741. The van der Waals surface area contributed by atoms with E-state index in [1.807, 2.05) is 30.3 Å². The SMILES string of the molecule is COc1cc(/C=N\Nc2ccc(S(=O)(=O)Nc3ccc(Cl)cc3)cc2[N+](=O)[O-])ccc1OCc1ccccc1. The maximum Gasteiger partial charge on any atom is 0.295 e. The topological polar surface area (TPSA) is 132 Å². The lowest BCUT2D eigenvalue weighted by atomic mass is 10.2. The normalized spacial score (nSPS) is 11.2. The molecule has 0 heterocycles. The van der Waals surface area contributed by atoms with Crippen molar-refractivity contribution in [3.8, 4) is 11.5 Å². The van der Waals surface area contributed by atoms with Gasteiger partial charge in [0.15, 0.2) is 11.5 Å². The van der Waals surface area contributed by atoms with Gasteiger partial charge < -0.3 is 9.47 Å². The zero-order valence-electron chi connectivity index (χ0n) is 20.6. The van der Waals surface area contributed by atoms with E-state index in [4.69, 9.17) is 21.1 Å². The molecule has 0 aromatic heterocycles. The van der Waals surface area contributed by atoms with Crippen LogP contribution in [0.25, 0.3) is 0 Å². The Kier molecular flexibility index (Phi) is 8.64. The number of hydrogen-bond donors (Lipinski definition) is 2. The second-order valence-corrected chi connectivity index (χ2v) is 10.2. The molecule has 0 fully saturated rings. The highest BCUT2D eigenvalue weighted by molar-refractivity contribution is 7.92. The molecule has 12 heteroatoms. The Hall–Kier alpha value is -4.61. The third-order valence-corrected chi connectivity index (χ3v) is 7.03. The molecule has 0 atom stereocenters. The summed E-state index contributed by atoms with van der Waals surface area (Å²) in [5, 5.41) is 16.2. The van der Waals surface area contributed by atoms with E-state index in [2.05, 4.69) is 15.2 Å². The summed E-state index contributed by atoms with van der Waals surface area (Å²) in [6.45, 7) is 0.372. The lowest BCUT2D eigenvalue weighted by molar-refractivity contribution is -0.384. The number of benzene rings is 4. The molecule has 10 nitrogen and oxygen atoms in total. The molecule has 200 valence electrons. The predicted molar refractivity (Wildman–Crippen MR) is 150 cm³/mol. The van der Waals surface area contributed by atoms with Crippen molar-refractivity contribution in [3.63, 3.8) is 0 Å². The lowest BCUT2D eigenvalue weighted by Crippen LogP contribution is -2.13. The first kappa shape index (κ1) is 27.4. The molecule has 4 rings (SSSR count). The van der Waals surface area contributed by atoms with Crippen molar-refractivity contribution in [2.24, 2.45) is 5.10 Å². The van der Waals surface area contributed by atoms with E-state index >= 15 is 0 Å². The average Bonchev–Trinajstić information content (AvgIpc) is 2.94. The molecule has 0 aliphatic heterocycles. The first-order valence-corrected chi connectivity index (χ1v) is 13.3. The Labute approximate surface area is 230 Å². The number of hydrogen-bond acceptors (Lipinski definition) is 8. The lowest BCUT2D eigenvalue weighted by Gasteiger charge is -2.11. The molecule has 0 bridgehead atoms. The van der Waals surface area contributed by atoms with Crippen LogP contribution in [0, 0.1) is 10.1 Å². The first-order chi connectivity index (χ1) is 18.7. The van der Waals surface area contributed by atoms with Crippen LogP contribution in [0.5, 0.6) is 11.5 Å². The van der Waals surface area contributed by atoms with Crippen LogP contribution < -0.4 is 19.6 Å². The van der Waals surface area contributed by atoms with Crippen LogP contribution >= 0.6 is 11.6 Å². The number of nitrogens with zero attached hydrogens (tertiary/aromatic N) is 2. The fourth-order valence-corrected chi connectivity index (χ4v) is 4.66. The van der Waals surface area contributed by atoms with Crippen LogP contribution in [0.4, 0.5) is 17.1 Å². The third-order valence-electron chi connectivity index (χ3n) is 5.40. The van der Waals surface area contributed by atoms with Crippen molar-refractivity contribution in [1.82, 2.24) is 0 Å². The van der Waals surface area contributed by atoms with Gasteiger partial charge in [-0.25, -0.2) is 8.42 Å². The molecular weight excluding hydrogens is 544 g/mol. The summed E-state index contributed by atoms with van der Waals surface area (Å²) in [6, 6.07) is 24.4. The zero-order chi connectivity index (χ0) is 27.8. The van der Waals surface area contributed by atoms with Gasteiger partial charge in [0, 0.05) is 16.8 Å². The number of halogens is 1. The van der Waals surface area contributed by atoms with Gasteiger partial charge in [-0.15, -0.1) is 0 Å². The standard InChI is InChI=1S/C27H23ClN4O6S/c1-37-27-15-20(7-14-26(27)38-18-19-5-3-2-4-6-19)17-29-30-24-13-12-23(16-25(24)32(33)34)39(35,36)31-22-10-8-21(28)9-11-22/h2-17,30-31H,18H2,1H3/b29-17-. The van der Waals surface area contributed by atoms with Crippen LogP contribution in [0.1, 0.15) is 11.1 Å². The highest BCUT2D eigenvalue weighted by Gasteiger charge is 2.21. The fourth-order valence-electron chi connectivity index (χ4n) is 3.45. The number of hydrazone groups is 1. The van der Waals surface area contributed by atoms with Crippen molar-refractivity contribution in [1.29, 1.82) is 0 Å². The maximum absolute atomic E-state index is 12.7. The van der Waals surface area contributed by atoms with Crippen LogP contribution in [0.3, 0.4) is 0 Å². The Balaban J connectivity index is 1.47.